The van der Waals surface area contributed by atoms with Gasteiger partial charge in [-0.3, -0.25) is 4.57 Å². The van der Waals surface area contributed by atoms with Crippen LogP contribution in [0.4, 0.5) is 0 Å². The molecule has 5 heteroatoms. The van der Waals surface area contributed by atoms with Crippen molar-refractivity contribution in [3.8, 4) is 0 Å². The van der Waals surface area contributed by atoms with Gasteiger partial charge in [0.2, 0.25) is 0 Å². The molecule has 4 nitrogen and oxygen atoms in total. The third-order valence-corrected chi connectivity index (χ3v) is 2.72. The topological polar surface area (TPSA) is 44.8 Å². The van der Waals surface area contributed by atoms with Crippen molar-refractivity contribution in [2.75, 3.05) is 20.3 Å². The van der Waals surface area contributed by atoms with Gasteiger partial charge in [0.25, 0.3) is 0 Å². The van der Waals surface area contributed by atoms with Gasteiger partial charge in [-0.25, -0.2) is 0 Å². The van der Waals surface area contributed by atoms with Gasteiger partial charge in [0.15, 0.2) is 0 Å². The van der Waals surface area contributed by atoms with E-state index in [1.165, 1.54) is 19.2 Å². The van der Waals surface area contributed by atoms with E-state index in [1.807, 2.05) is 0 Å². The predicted octanol–water partition coefficient (Wildman–Crippen LogP) is 2.37. The second-order valence-electron chi connectivity index (χ2n) is 1.90. The zero-order valence-corrected chi connectivity index (χ0v) is 8.54. The maximum absolute atomic E-state index is 11.6. The number of hydrogen-bond donors (Lipinski definition) is 0. The smallest absolute Gasteiger partial charge is 0.357 e. The highest BCUT2D eigenvalue weighted by atomic mass is 31.2. The van der Waals surface area contributed by atoms with Crippen LogP contribution in [0.15, 0.2) is 12.1 Å². The fourth-order valence-electron chi connectivity index (χ4n) is 0.619. The minimum Gasteiger partial charge on any atom is -0.504 e. The Labute approximate surface area is 73.0 Å². The molecule has 0 saturated heterocycles. The van der Waals surface area contributed by atoms with Crippen molar-refractivity contribution in [2.24, 2.45) is 0 Å². The van der Waals surface area contributed by atoms with E-state index in [1.54, 1.807) is 13.8 Å². The zero-order chi connectivity index (χ0) is 9.45. The first-order chi connectivity index (χ1) is 5.68. The molecule has 72 valence electrons. The zero-order valence-electron chi connectivity index (χ0n) is 7.65. The molecule has 0 unspecified atom stereocenters. The molecule has 0 aromatic rings. The maximum Gasteiger partial charge on any atom is 0.357 e. The molecule has 0 amide bonds. The van der Waals surface area contributed by atoms with E-state index in [4.69, 9.17) is 9.05 Å². The van der Waals surface area contributed by atoms with Crippen LogP contribution in [0.1, 0.15) is 13.8 Å². The Hall–Kier alpha value is -0.310. The molecule has 0 fully saturated rings. The van der Waals surface area contributed by atoms with E-state index in [0.717, 1.165) is 0 Å². The van der Waals surface area contributed by atoms with Gasteiger partial charge >= 0.3 is 7.60 Å². The molecule has 0 aliphatic rings. The summed E-state index contributed by atoms with van der Waals surface area (Å²) >= 11 is 0. The molecule has 0 aliphatic heterocycles. The molecular weight excluding hydrogens is 179 g/mol. The molecule has 0 aromatic heterocycles. The number of methoxy groups -OCH3 is 1. The van der Waals surface area contributed by atoms with Gasteiger partial charge in [0.05, 0.1) is 32.4 Å². The Morgan fingerprint density at radius 2 is 1.75 bits per heavy atom. The van der Waals surface area contributed by atoms with Gasteiger partial charge in [-0.2, -0.15) is 0 Å². The van der Waals surface area contributed by atoms with Crippen molar-refractivity contribution in [1.82, 2.24) is 0 Å². The lowest BCUT2D eigenvalue weighted by Gasteiger charge is -2.11. The summed E-state index contributed by atoms with van der Waals surface area (Å²) in [4.78, 5) is 0. The van der Waals surface area contributed by atoms with Crippen LogP contribution < -0.4 is 0 Å². The third kappa shape index (κ3) is 4.54. The van der Waals surface area contributed by atoms with Gasteiger partial charge < -0.3 is 13.8 Å². The Balaban J connectivity index is 4.18. The van der Waals surface area contributed by atoms with Crippen molar-refractivity contribution in [1.29, 1.82) is 0 Å². The van der Waals surface area contributed by atoms with Crippen LogP contribution in [0.25, 0.3) is 0 Å². The lowest BCUT2D eigenvalue weighted by molar-refractivity contribution is 0.227. The molecule has 0 heterocycles. The third-order valence-electron chi connectivity index (χ3n) is 0.998. The Bertz CT molecular complexity index is 168. The molecule has 0 bridgehead atoms. The molecule has 0 rings (SSSR count). The molecule has 0 radical (unpaired) electrons. The average Bonchev–Trinajstić information content (AvgIpc) is 2.02. The predicted molar refractivity (Wildman–Crippen MR) is 47.0 cm³/mol. The van der Waals surface area contributed by atoms with Crippen LogP contribution in [0.5, 0.6) is 0 Å². The lowest BCUT2D eigenvalue weighted by Crippen LogP contribution is -1.92. The van der Waals surface area contributed by atoms with Crippen molar-refractivity contribution in [3.05, 3.63) is 12.1 Å². The van der Waals surface area contributed by atoms with E-state index in [2.05, 4.69) is 4.74 Å². The van der Waals surface area contributed by atoms with Crippen LogP contribution in [0.2, 0.25) is 0 Å². The highest BCUT2D eigenvalue weighted by Gasteiger charge is 2.18. The van der Waals surface area contributed by atoms with E-state index >= 15 is 0 Å². The molecule has 0 spiro atoms. The van der Waals surface area contributed by atoms with Gasteiger partial charge in [-0.1, -0.05) is 0 Å². The molecule has 0 aromatic carbocycles. The quantitative estimate of drug-likeness (QED) is 0.481. The van der Waals surface area contributed by atoms with Gasteiger partial charge in [0.1, 0.15) is 0 Å². The summed E-state index contributed by atoms with van der Waals surface area (Å²) < 4.78 is 26.1. The summed E-state index contributed by atoms with van der Waals surface area (Å²) in [6.45, 7) is 4.22. The second kappa shape index (κ2) is 6.23. The highest BCUT2D eigenvalue weighted by molar-refractivity contribution is 7.57. The van der Waals surface area contributed by atoms with Crippen molar-refractivity contribution < 1.29 is 18.3 Å². The molecule has 12 heavy (non-hydrogen) atoms. The lowest BCUT2D eigenvalue weighted by atomic mass is 10.9. The normalized spacial score (nSPS) is 12.2. The monoisotopic (exact) mass is 194 g/mol. The Morgan fingerprint density at radius 3 is 2.08 bits per heavy atom. The van der Waals surface area contributed by atoms with Crippen LogP contribution in [-0.2, 0) is 18.3 Å². The minimum atomic E-state index is -3.04. The Morgan fingerprint density at radius 1 is 1.25 bits per heavy atom. The molecule has 0 aliphatic carbocycles. The standard InChI is InChI=1S/C7H15O4P/c1-4-10-12(8,11-5-2)7-6-9-3/h6-7H,4-5H2,1-3H3/b7-6+. The van der Waals surface area contributed by atoms with E-state index < -0.39 is 7.60 Å². The largest absolute Gasteiger partial charge is 0.504 e. The van der Waals surface area contributed by atoms with Crippen LogP contribution in [0.3, 0.4) is 0 Å². The van der Waals surface area contributed by atoms with Gasteiger partial charge in [-0.15, -0.1) is 0 Å². The minimum absolute atomic E-state index is 0.353. The fourth-order valence-corrected chi connectivity index (χ4v) is 1.86. The number of hydrogen-bond acceptors (Lipinski definition) is 4. The maximum atomic E-state index is 11.6. The highest BCUT2D eigenvalue weighted by Crippen LogP contribution is 2.49. The summed E-state index contributed by atoms with van der Waals surface area (Å²) in [6.07, 6.45) is 1.30. The first kappa shape index (κ1) is 11.7. The molecule has 0 N–H and O–H groups in total. The average molecular weight is 194 g/mol. The summed E-state index contributed by atoms with van der Waals surface area (Å²) in [5.41, 5.74) is 0. The first-order valence-corrected chi connectivity index (χ1v) is 5.39. The summed E-state index contributed by atoms with van der Waals surface area (Å²) in [7, 11) is -1.57. The van der Waals surface area contributed by atoms with Gasteiger partial charge in [0, 0.05) is 0 Å². The summed E-state index contributed by atoms with van der Waals surface area (Å²) in [5.74, 6) is 1.31. The van der Waals surface area contributed by atoms with Crippen molar-refractivity contribution in [2.45, 2.75) is 13.8 Å². The van der Waals surface area contributed by atoms with E-state index in [0.29, 0.717) is 13.2 Å². The summed E-state index contributed by atoms with van der Waals surface area (Å²) in [6, 6.07) is 0. The first-order valence-electron chi connectivity index (χ1n) is 3.77. The van der Waals surface area contributed by atoms with E-state index in [-0.39, 0.29) is 0 Å². The number of ether oxygens (including phenoxy) is 1. The molecular formula is C7H15O4P. The number of rotatable bonds is 6. The van der Waals surface area contributed by atoms with Crippen molar-refractivity contribution in [3.63, 3.8) is 0 Å². The Kier molecular flexibility index (Phi) is 6.07. The SMILES string of the molecule is CCOP(=O)(/C=C/OC)OCC. The van der Waals surface area contributed by atoms with Crippen LogP contribution >= 0.6 is 7.60 Å². The molecule has 0 saturated carbocycles. The second-order valence-corrected chi connectivity index (χ2v) is 3.79. The van der Waals surface area contributed by atoms with Crippen molar-refractivity contribution >= 4 is 7.60 Å². The van der Waals surface area contributed by atoms with Crippen LogP contribution in [-0.4, -0.2) is 20.3 Å². The fraction of sp³-hybridized carbons (Fsp3) is 0.714. The van der Waals surface area contributed by atoms with Gasteiger partial charge in [-0.05, 0) is 13.8 Å². The molecule has 0 atom stereocenters. The van der Waals surface area contributed by atoms with E-state index in [9.17, 15) is 4.57 Å². The van der Waals surface area contributed by atoms with Crippen LogP contribution in [0, 0.1) is 0 Å². The summed E-state index contributed by atoms with van der Waals surface area (Å²) in [5, 5.41) is 0.